The van der Waals surface area contributed by atoms with E-state index < -0.39 is 12.0 Å². The number of hydrogen-bond acceptors (Lipinski definition) is 4. The molecule has 1 aromatic rings. The van der Waals surface area contributed by atoms with E-state index in [1.165, 1.54) is 18.2 Å². The Morgan fingerprint density at radius 2 is 2.05 bits per heavy atom. The summed E-state index contributed by atoms with van der Waals surface area (Å²) >= 11 is 0. The molecule has 1 heterocycles. The van der Waals surface area contributed by atoms with Crippen LogP contribution >= 0.6 is 0 Å². The summed E-state index contributed by atoms with van der Waals surface area (Å²) in [5, 5.41) is 5.83. The van der Waals surface area contributed by atoms with Crippen molar-refractivity contribution in [2.75, 3.05) is 7.11 Å². The Bertz CT molecular complexity index is 487. The lowest BCUT2D eigenvalue weighted by Gasteiger charge is -2.26. The number of ether oxygens (including phenoxy) is 1. The smallest absolute Gasteiger partial charge is 0.328 e. The summed E-state index contributed by atoms with van der Waals surface area (Å²) in [6.45, 7) is 2.28. The quantitative estimate of drug-likeness (QED) is 0.773. The molecule has 1 unspecified atom stereocenters. The molecule has 0 fully saturated rings. The highest BCUT2D eigenvalue weighted by Crippen LogP contribution is 2.16. The van der Waals surface area contributed by atoms with Crippen LogP contribution in [0.2, 0.25) is 0 Å². The highest BCUT2D eigenvalue weighted by Gasteiger charge is 2.26. The van der Waals surface area contributed by atoms with Crippen molar-refractivity contribution in [1.29, 1.82) is 0 Å². The number of benzene rings is 1. The van der Waals surface area contributed by atoms with E-state index in [-0.39, 0.29) is 11.9 Å². The minimum Gasteiger partial charge on any atom is -0.467 e. The fourth-order valence-corrected chi connectivity index (χ4v) is 2.19. The van der Waals surface area contributed by atoms with Crippen LogP contribution in [-0.2, 0) is 27.3 Å². The predicted octanol–water partition coefficient (Wildman–Crippen LogP) is 0.379. The van der Waals surface area contributed by atoms with Crippen LogP contribution in [0.1, 0.15) is 18.1 Å². The third kappa shape index (κ3) is 3.12. The highest BCUT2D eigenvalue weighted by atomic mass is 16.5. The molecule has 0 saturated heterocycles. The van der Waals surface area contributed by atoms with Crippen LogP contribution in [0.4, 0.5) is 0 Å². The maximum absolute atomic E-state index is 12.1. The molecule has 1 aromatic carbocycles. The van der Waals surface area contributed by atoms with E-state index in [1.54, 1.807) is 6.92 Å². The molecule has 0 aromatic heterocycles. The third-order valence-corrected chi connectivity index (χ3v) is 3.31. The zero-order chi connectivity index (χ0) is 13.8. The molecule has 0 saturated carbocycles. The van der Waals surface area contributed by atoms with E-state index in [9.17, 15) is 9.59 Å². The zero-order valence-corrected chi connectivity index (χ0v) is 11.1. The average molecular weight is 262 g/mol. The molecule has 2 atom stereocenters. The van der Waals surface area contributed by atoms with Gasteiger partial charge in [-0.05, 0) is 24.5 Å². The molecular weight excluding hydrogens is 244 g/mol. The standard InChI is InChI=1S/C14H18N2O3/c1-9(14(18)19-2)16-13(17)12-7-10-5-3-4-6-11(10)8-15-12/h3-6,9,12,15H,7-8H2,1-2H3,(H,16,17)/t9?,12-/m1/s1. The lowest BCUT2D eigenvalue weighted by molar-refractivity contribution is -0.144. The van der Waals surface area contributed by atoms with Gasteiger partial charge in [0.05, 0.1) is 13.2 Å². The molecule has 0 bridgehead atoms. The molecule has 19 heavy (non-hydrogen) atoms. The van der Waals surface area contributed by atoms with Crippen molar-refractivity contribution in [2.45, 2.75) is 32.0 Å². The second-order valence-electron chi connectivity index (χ2n) is 4.66. The monoisotopic (exact) mass is 262 g/mol. The van der Waals surface area contributed by atoms with E-state index in [0.717, 1.165) is 0 Å². The molecule has 1 aliphatic rings. The minimum absolute atomic E-state index is 0.174. The second kappa shape index (κ2) is 5.84. The van der Waals surface area contributed by atoms with Crippen molar-refractivity contribution in [3.8, 4) is 0 Å². The van der Waals surface area contributed by atoms with Gasteiger partial charge in [0.25, 0.3) is 0 Å². The largest absolute Gasteiger partial charge is 0.467 e. The van der Waals surface area contributed by atoms with E-state index >= 15 is 0 Å². The molecule has 1 amide bonds. The topological polar surface area (TPSA) is 67.4 Å². The van der Waals surface area contributed by atoms with E-state index in [1.807, 2.05) is 24.3 Å². The lowest BCUT2D eigenvalue weighted by Crippen LogP contribution is -2.51. The minimum atomic E-state index is -0.628. The van der Waals surface area contributed by atoms with Gasteiger partial charge in [0.15, 0.2) is 0 Å². The number of carbonyl (C=O) groups is 2. The summed E-state index contributed by atoms with van der Waals surface area (Å²) in [6, 6.07) is 7.10. The van der Waals surface area contributed by atoms with Gasteiger partial charge in [0.1, 0.15) is 6.04 Å². The number of fused-ring (bicyclic) bond motifs is 1. The second-order valence-corrected chi connectivity index (χ2v) is 4.66. The Balaban J connectivity index is 1.97. The van der Waals surface area contributed by atoms with Gasteiger partial charge in [0.2, 0.25) is 5.91 Å². The molecule has 2 N–H and O–H groups in total. The summed E-state index contributed by atoms with van der Waals surface area (Å²) in [4.78, 5) is 23.3. The molecule has 0 spiro atoms. The maximum Gasteiger partial charge on any atom is 0.328 e. The van der Waals surface area contributed by atoms with E-state index in [4.69, 9.17) is 0 Å². The number of esters is 1. The fraction of sp³-hybridized carbons (Fsp3) is 0.429. The highest BCUT2D eigenvalue weighted by molar-refractivity contribution is 5.87. The van der Waals surface area contributed by atoms with Gasteiger partial charge >= 0.3 is 5.97 Å². The summed E-state index contributed by atoms with van der Waals surface area (Å²) in [7, 11) is 1.31. The average Bonchev–Trinajstić information content (AvgIpc) is 2.45. The first-order valence-corrected chi connectivity index (χ1v) is 6.30. The molecule has 1 aliphatic heterocycles. The molecule has 5 heteroatoms. The van der Waals surface area contributed by atoms with Gasteiger partial charge in [-0.2, -0.15) is 0 Å². The van der Waals surface area contributed by atoms with Gasteiger partial charge in [0, 0.05) is 6.54 Å². The van der Waals surface area contributed by atoms with E-state index in [0.29, 0.717) is 13.0 Å². The van der Waals surface area contributed by atoms with Gasteiger partial charge in [-0.1, -0.05) is 24.3 Å². The van der Waals surface area contributed by atoms with Crippen LogP contribution in [-0.4, -0.2) is 31.1 Å². The van der Waals surface area contributed by atoms with Crippen LogP contribution in [0, 0.1) is 0 Å². The van der Waals surface area contributed by atoms with E-state index in [2.05, 4.69) is 15.4 Å². The fourth-order valence-electron chi connectivity index (χ4n) is 2.19. The molecular formula is C14H18N2O3. The van der Waals surface area contributed by atoms with Gasteiger partial charge in [-0.3, -0.25) is 4.79 Å². The summed E-state index contributed by atoms with van der Waals surface area (Å²) in [6.07, 6.45) is 0.635. The van der Waals surface area contributed by atoms with Crippen LogP contribution < -0.4 is 10.6 Å². The number of rotatable bonds is 3. The van der Waals surface area contributed by atoms with Crippen molar-refractivity contribution < 1.29 is 14.3 Å². The van der Waals surface area contributed by atoms with Crippen molar-refractivity contribution in [1.82, 2.24) is 10.6 Å². The van der Waals surface area contributed by atoms with Crippen LogP contribution in [0.15, 0.2) is 24.3 Å². The first-order valence-electron chi connectivity index (χ1n) is 6.30. The van der Waals surface area contributed by atoms with Crippen molar-refractivity contribution in [3.05, 3.63) is 35.4 Å². The Labute approximate surface area is 112 Å². The predicted molar refractivity (Wildman–Crippen MR) is 70.4 cm³/mol. The Hall–Kier alpha value is -1.88. The lowest BCUT2D eigenvalue weighted by atomic mass is 9.95. The molecule has 2 rings (SSSR count). The maximum atomic E-state index is 12.1. The molecule has 0 radical (unpaired) electrons. The van der Waals surface area contributed by atoms with Crippen molar-refractivity contribution >= 4 is 11.9 Å². The van der Waals surface area contributed by atoms with Crippen LogP contribution in [0.3, 0.4) is 0 Å². The number of carbonyl (C=O) groups excluding carboxylic acids is 2. The van der Waals surface area contributed by atoms with Crippen molar-refractivity contribution in [3.63, 3.8) is 0 Å². The molecule has 102 valence electrons. The van der Waals surface area contributed by atoms with Crippen molar-refractivity contribution in [2.24, 2.45) is 0 Å². The first-order chi connectivity index (χ1) is 9.11. The summed E-state index contributed by atoms with van der Waals surface area (Å²) < 4.78 is 4.58. The first kappa shape index (κ1) is 13.5. The number of amides is 1. The zero-order valence-electron chi connectivity index (χ0n) is 11.1. The SMILES string of the molecule is COC(=O)C(C)NC(=O)[C@H]1Cc2ccccc2CN1. The summed E-state index contributed by atoms with van der Waals surface area (Å²) in [5.41, 5.74) is 2.39. The molecule has 5 nitrogen and oxygen atoms in total. The Morgan fingerprint density at radius 3 is 2.74 bits per heavy atom. The van der Waals surface area contributed by atoms with Gasteiger partial charge in [-0.15, -0.1) is 0 Å². The summed E-state index contributed by atoms with van der Waals surface area (Å²) in [5.74, 6) is -0.614. The normalized spacial score (nSPS) is 19.2. The van der Waals surface area contributed by atoms with Gasteiger partial charge in [-0.25, -0.2) is 4.79 Å². The number of methoxy groups -OCH3 is 1. The Kier molecular flexibility index (Phi) is 4.16. The number of hydrogen-bond donors (Lipinski definition) is 2. The third-order valence-electron chi connectivity index (χ3n) is 3.31. The van der Waals surface area contributed by atoms with Crippen LogP contribution in [0.25, 0.3) is 0 Å². The Morgan fingerprint density at radius 1 is 1.37 bits per heavy atom. The van der Waals surface area contributed by atoms with Gasteiger partial charge < -0.3 is 15.4 Å². The molecule has 0 aliphatic carbocycles. The number of nitrogens with one attached hydrogen (secondary N) is 2. The van der Waals surface area contributed by atoms with Crippen LogP contribution in [0.5, 0.6) is 0 Å².